The summed E-state index contributed by atoms with van der Waals surface area (Å²) in [6.07, 6.45) is 13.8. The highest BCUT2D eigenvalue weighted by Crippen LogP contribution is 2.48. The van der Waals surface area contributed by atoms with E-state index < -0.39 is 0 Å². The Kier molecular flexibility index (Phi) is 4.81. The number of Topliss-reactive ketones (excluding diaryl/α,β-unsaturated/α-hetero) is 1. The summed E-state index contributed by atoms with van der Waals surface area (Å²) in [4.78, 5) is 22.5. The van der Waals surface area contributed by atoms with Gasteiger partial charge in [0.2, 0.25) is 0 Å². The minimum Gasteiger partial charge on any atom is -0.303 e. The molecular formula is C19H30O2. The molecule has 0 bridgehead atoms. The molecule has 0 aromatic heterocycles. The van der Waals surface area contributed by atoms with Crippen LogP contribution >= 0.6 is 0 Å². The molecule has 0 radical (unpaired) electrons. The highest BCUT2D eigenvalue weighted by atomic mass is 16.1. The maximum Gasteiger partial charge on any atom is 0.132 e. The molecule has 3 rings (SSSR count). The first kappa shape index (κ1) is 15.2. The van der Waals surface area contributed by atoms with Crippen LogP contribution in [0.1, 0.15) is 71.1 Å². The molecular weight excluding hydrogens is 260 g/mol. The van der Waals surface area contributed by atoms with Crippen LogP contribution in [0.5, 0.6) is 0 Å². The molecule has 0 aliphatic heterocycles. The van der Waals surface area contributed by atoms with Crippen LogP contribution in [0.3, 0.4) is 0 Å². The van der Waals surface area contributed by atoms with Gasteiger partial charge in [0, 0.05) is 11.8 Å². The fraction of sp³-hybridized carbons (Fsp3) is 0.895. The van der Waals surface area contributed by atoms with Crippen molar-refractivity contribution < 1.29 is 9.59 Å². The third-order valence-electron chi connectivity index (χ3n) is 6.90. The van der Waals surface area contributed by atoms with E-state index in [0.29, 0.717) is 17.6 Å². The van der Waals surface area contributed by atoms with Gasteiger partial charge in [-0.1, -0.05) is 0 Å². The van der Waals surface area contributed by atoms with Crippen LogP contribution in [-0.2, 0) is 9.59 Å². The lowest BCUT2D eigenvalue weighted by atomic mass is 9.61. The first-order valence-corrected chi connectivity index (χ1v) is 9.13. The molecule has 3 saturated carbocycles. The smallest absolute Gasteiger partial charge is 0.132 e. The van der Waals surface area contributed by atoms with Gasteiger partial charge in [-0.05, 0) is 94.8 Å². The molecule has 0 aromatic rings. The number of fused-ring (bicyclic) bond motifs is 1. The first-order valence-electron chi connectivity index (χ1n) is 9.13. The number of hydrogen-bond acceptors (Lipinski definition) is 2. The summed E-state index contributed by atoms with van der Waals surface area (Å²) in [5, 5.41) is 0. The third kappa shape index (κ3) is 3.40. The summed E-state index contributed by atoms with van der Waals surface area (Å²) < 4.78 is 0. The lowest BCUT2D eigenvalue weighted by Gasteiger charge is -2.44. The zero-order valence-corrected chi connectivity index (χ0v) is 13.4. The predicted molar refractivity (Wildman–Crippen MR) is 83.9 cm³/mol. The summed E-state index contributed by atoms with van der Waals surface area (Å²) in [6, 6.07) is 0. The average Bonchev–Trinajstić information content (AvgIpc) is 2.54. The lowest BCUT2D eigenvalue weighted by molar-refractivity contribution is -0.122. The maximum absolute atomic E-state index is 11.5. The molecule has 3 fully saturated rings. The molecule has 2 heteroatoms. The zero-order chi connectivity index (χ0) is 14.8. The molecule has 3 aliphatic carbocycles. The van der Waals surface area contributed by atoms with Crippen LogP contribution in [0.25, 0.3) is 0 Å². The SMILES string of the molecule is CC(=O)C1CCC(C2CCC3CC(C=O)CCC3C2)CC1. The highest BCUT2D eigenvalue weighted by molar-refractivity contribution is 5.78. The van der Waals surface area contributed by atoms with Gasteiger partial charge in [-0.2, -0.15) is 0 Å². The zero-order valence-electron chi connectivity index (χ0n) is 13.4. The van der Waals surface area contributed by atoms with Crippen LogP contribution < -0.4 is 0 Å². The first-order chi connectivity index (χ1) is 10.2. The summed E-state index contributed by atoms with van der Waals surface area (Å²) >= 11 is 0. The quantitative estimate of drug-likeness (QED) is 0.721. The number of rotatable bonds is 3. The van der Waals surface area contributed by atoms with Crippen molar-refractivity contribution in [3.05, 3.63) is 0 Å². The Morgan fingerprint density at radius 3 is 1.90 bits per heavy atom. The topological polar surface area (TPSA) is 34.1 Å². The van der Waals surface area contributed by atoms with Crippen LogP contribution in [0, 0.1) is 35.5 Å². The van der Waals surface area contributed by atoms with Crippen molar-refractivity contribution in [1.29, 1.82) is 0 Å². The fourth-order valence-corrected chi connectivity index (χ4v) is 5.51. The monoisotopic (exact) mass is 290 g/mol. The largest absolute Gasteiger partial charge is 0.303 e. The Morgan fingerprint density at radius 2 is 1.29 bits per heavy atom. The van der Waals surface area contributed by atoms with E-state index >= 15 is 0 Å². The van der Waals surface area contributed by atoms with Gasteiger partial charge in [0.05, 0.1) is 0 Å². The second-order valence-electron chi connectivity index (χ2n) is 8.02. The highest BCUT2D eigenvalue weighted by Gasteiger charge is 2.38. The number of aldehydes is 1. The molecule has 0 saturated heterocycles. The molecule has 4 atom stereocenters. The molecule has 118 valence electrons. The predicted octanol–water partition coefficient (Wildman–Crippen LogP) is 4.41. The van der Waals surface area contributed by atoms with E-state index in [2.05, 4.69) is 0 Å². The van der Waals surface area contributed by atoms with Crippen LogP contribution in [0.15, 0.2) is 0 Å². The van der Waals surface area contributed by atoms with Crippen molar-refractivity contribution in [2.45, 2.75) is 71.1 Å². The second kappa shape index (κ2) is 6.62. The van der Waals surface area contributed by atoms with Gasteiger partial charge in [0.25, 0.3) is 0 Å². The van der Waals surface area contributed by atoms with E-state index in [-0.39, 0.29) is 0 Å². The minimum absolute atomic E-state index is 0.355. The van der Waals surface area contributed by atoms with Crippen LogP contribution in [0.2, 0.25) is 0 Å². The molecule has 0 aromatic carbocycles. The van der Waals surface area contributed by atoms with Gasteiger partial charge in [-0.15, -0.1) is 0 Å². The van der Waals surface area contributed by atoms with Gasteiger partial charge in [-0.3, -0.25) is 4.79 Å². The summed E-state index contributed by atoms with van der Waals surface area (Å²) in [7, 11) is 0. The van der Waals surface area contributed by atoms with Crippen molar-refractivity contribution in [3.8, 4) is 0 Å². The van der Waals surface area contributed by atoms with Gasteiger partial charge in [-0.25, -0.2) is 0 Å². The summed E-state index contributed by atoms with van der Waals surface area (Å²) in [5.41, 5.74) is 0. The Labute approximate surface area is 129 Å². The van der Waals surface area contributed by atoms with E-state index in [9.17, 15) is 9.59 Å². The molecule has 0 heterocycles. The van der Waals surface area contributed by atoms with Crippen molar-refractivity contribution in [1.82, 2.24) is 0 Å². The molecule has 21 heavy (non-hydrogen) atoms. The maximum atomic E-state index is 11.5. The van der Waals surface area contributed by atoms with Crippen molar-refractivity contribution >= 4 is 12.1 Å². The Hall–Kier alpha value is -0.660. The molecule has 0 spiro atoms. The van der Waals surface area contributed by atoms with Crippen LogP contribution in [0.4, 0.5) is 0 Å². The minimum atomic E-state index is 0.355. The second-order valence-corrected chi connectivity index (χ2v) is 8.02. The Morgan fingerprint density at radius 1 is 0.762 bits per heavy atom. The van der Waals surface area contributed by atoms with E-state index in [0.717, 1.165) is 49.4 Å². The Bertz CT molecular complexity index is 381. The average molecular weight is 290 g/mol. The van der Waals surface area contributed by atoms with E-state index in [1.54, 1.807) is 6.92 Å². The molecule has 4 unspecified atom stereocenters. The van der Waals surface area contributed by atoms with Gasteiger partial charge in [0.15, 0.2) is 0 Å². The number of ketones is 1. The Balaban J connectivity index is 1.51. The van der Waals surface area contributed by atoms with E-state index in [1.165, 1.54) is 44.8 Å². The molecule has 2 nitrogen and oxygen atoms in total. The molecule has 0 amide bonds. The van der Waals surface area contributed by atoms with E-state index in [4.69, 9.17) is 0 Å². The molecule has 3 aliphatic rings. The van der Waals surface area contributed by atoms with Crippen LogP contribution in [-0.4, -0.2) is 12.1 Å². The normalized spacial score (nSPS) is 43.9. The third-order valence-corrected chi connectivity index (χ3v) is 6.90. The van der Waals surface area contributed by atoms with Gasteiger partial charge >= 0.3 is 0 Å². The van der Waals surface area contributed by atoms with Crippen molar-refractivity contribution in [2.24, 2.45) is 35.5 Å². The standard InChI is InChI=1S/C19H30O2/c1-13(21)15-4-6-16(7-5-15)18-9-8-17-10-14(12-20)2-3-19(17)11-18/h12,14-19H,2-11H2,1H3. The summed E-state index contributed by atoms with van der Waals surface area (Å²) in [6.45, 7) is 1.77. The number of carbonyl (C=O) groups is 2. The van der Waals surface area contributed by atoms with Gasteiger partial charge in [0.1, 0.15) is 12.1 Å². The van der Waals surface area contributed by atoms with E-state index in [1.807, 2.05) is 0 Å². The van der Waals surface area contributed by atoms with Gasteiger partial charge < -0.3 is 4.79 Å². The number of carbonyl (C=O) groups excluding carboxylic acids is 2. The fourth-order valence-electron chi connectivity index (χ4n) is 5.51. The lowest BCUT2D eigenvalue weighted by Crippen LogP contribution is -2.35. The molecule has 0 N–H and O–H groups in total. The van der Waals surface area contributed by atoms with Crippen molar-refractivity contribution in [2.75, 3.05) is 0 Å². The van der Waals surface area contributed by atoms with Crippen molar-refractivity contribution in [3.63, 3.8) is 0 Å². The summed E-state index contributed by atoms with van der Waals surface area (Å²) in [5.74, 6) is 4.64. The number of hydrogen-bond donors (Lipinski definition) is 0.